The normalized spacial score (nSPS) is 16.0. The second-order valence-corrected chi connectivity index (χ2v) is 7.39. The number of imide groups is 1. The van der Waals surface area contributed by atoms with Crippen LogP contribution in [0.5, 0.6) is 5.75 Å². The highest BCUT2D eigenvalue weighted by atomic mass is 127. The molecule has 0 unspecified atom stereocenters. The van der Waals surface area contributed by atoms with Gasteiger partial charge in [-0.05, 0) is 80.5 Å². The third kappa shape index (κ3) is 3.28. The maximum absolute atomic E-state index is 12.5. The molecule has 3 amide bonds. The predicted molar refractivity (Wildman–Crippen MR) is 104 cm³/mol. The first kappa shape index (κ1) is 17.2. The Morgan fingerprint density at radius 2 is 2.00 bits per heavy atom. The van der Waals surface area contributed by atoms with Crippen LogP contribution >= 0.6 is 50.1 Å². The summed E-state index contributed by atoms with van der Waals surface area (Å²) >= 11 is 11.2. The molecule has 0 aromatic heterocycles. The summed E-state index contributed by atoms with van der Waals surface area (Å²) in [5, 5.41) is 12.8. The lowest BCUT2D eigenvalue weighted by molar-refractivity contribution is -0.113. The van der Waals surface area contributed by atoms with Gasteiger partial charge in [-0.2, -0.15) is 0 Å². The van der Waals surface area contributed by atoms with E-state index in [-0.39, 0.29) is 11.4 Å². The summed E-state index contributed by atoms with van der Waals surface area (Å²) in [4.78, 5) is 25.7. The zero-order chi connectivity index (χ0) is 17.4. The number of hydrogen-bond donors (Lipinski definition) is 2. The van der Waals surface area contributed by atoms with Crippen LogP contribution in [0.4, 0.5) is 10.5 Å². The van der Waals surface area contributed by atoms with E-state index < -0.39 is 11.9 Å². The van der Waals surface area contributed by atoms with Gasteiger partial charge in [0, 0.05) is 5.02 Å². The predicted octanol–water partition coefficient (Wildman–Crippen LogP) is 4.51. The maximum Gasteiger partial charge on any atom is 0.333 e. The smallest absolute Gasteiger partial charge is 0.333 e. The van der Waals surface area contributed by atoms with Crippen molar-refractivity contribution in [1.82, 2.24) is 5.32 Å². The summed E-state index contributed by atoms with van der Waals surface area (Å²) in [6.45, 7) is 0. The number of nitrogens with zero attached hydrogens (tertiary/aromatic N) is 1. The minimum Gasteiger partial charge on any atom is -0.506 e. The van der Waals surface area contributed by atoms with E-state index in [0.717, 1.165) is 4.90 Å². The fourth-order valence-corrected chi connectivity index (χ4v) is 3.90. The molecule has 5 nitrogen and oxygen atoms in total. The number of anilines is 1. The Morgan fingerprint density at radius 3 is 2.67 bits per heavy atom. The zero-order valence-corrected chi connectivity index (χ0v) is 16.4. The van der Waals surface area contributed by atoms with Gasteiger partial charge in [-0.3, -0.25) is 4.79 Å². The van der Waals surface area contributed by atoms with Crippen molar-refractivity contribution in [2.75, 3.05) is 4.90 Å². The van der Waals surface area contributed by atoms with E-state index in [1.54, 1.807) is 42.5 Å². The third-order valence-electron chi connectivity index (χ3n) is 3.29. The van der Waals surface area contributed by atoms with Crippen LogP contribution in [0.15, 0.2) is 46.6 Å². The number of carbonyl (C=O) groups excluding carboxylic acids is 2. The fourth-order valence-electron chi connectivity index (χ4n) is 2.22. The second kappa shape index (κ2) is 6.73. The molecule has 0 bridgehead atoms. The molecular formula is C16H9BrClIN2O3. The number of halogens is 3. The van der Waals surface area contributed by atoms with Gasteiger partial charge in [0.15, 0.2) is 0 Å². The highest BCUT2D eigenvalue weighted by Gasteiger charge is 2.34. The van der Waals surface area contributed by atoms with E-state index >= 15 is 0 Å². The first-order valence-corrected chi connectivity index (χ1v) is 8.92. The average molecular weight is 520 g/mol. The van der Waals surface area contributed by atoms with Gasteiger partial charge in [0.2, 0.25) is 0 Å². The molecule has 1 heterocycles. The van der Waals surface area contributed by atoms with Crippen molar-refractivity contribution in [2.45, 2.75) is 0 Å². The molecule has 0 aliphatic carbocycles. The fraction of sp³-hybridized carbons (Fsp3) is 0. The topological polar surface area (TPSA) is 69.6 Å². The van der Waals surface area contributed by atoms with Crippen LogP contribution in [0.3, 0.4) is 0 Å². The molecule has 122 valence electrons. The standard InChI is InChI=1S/C16H9BrClIN2O3/c17-11-4-8(5-12(19)14(11)22)6-13-15(23)21(16(24)20-13)10-3-1-2-9(18)7-10/h1-7,22H,(H,20,24)/b13-6+. The molecule has 24 heavy (non-hydrogen) atoms. The summed E-state index contributed by atoms with van der Waals surface area (Å²) in [5.74, 6) is -0.346. The van der Waals surface area contributed by atoms with Crippen molar-refractivity contribution in [1.29, 1.82) is 0 Å². The van der Waals surface area contributed by atoms with Gasteiger partial charge in [0.25, 0.3) is 5.91 Å². The lowest BCUT2D eigenvalue weighted by Crippen LogP contribution is -2.30. The van der Waals surface area contributed by atoms with Crippen LogP contribution in [0.2, 0.25) is 5.02 Å². The van der Waals surface area contributed by atoms with Gasteiger partial charge >= 0.3 is 6.03 Å². The number of hydrogen-bond acceptors (Lipinski definition) is 3. The Hall–Kier alpha value is -1.58. The van der Waals surface area contributed by atoms with E-state index in [1.807, 2.05) is 22.6 Å². The van der Waals surface area contributed by atoms with Gasteiger partial charge in [0.05, 0.1) is 13.7 Å². The molecule has 2 N–H and O–H groups in total. The van der Waals surface area contributed by atoms with Crippen LogP contribution in [0.1, 0.15) is 5.56 Å². The van der Waals surface area contributed by atoms with Gasteiger partial charge < -0.3 is 10.4 Å². The Balaban J connectivity index is 1.97. The van der Waals surface area contributed by atoms with Crippen molar-refractivity contribution in [3.63, 3.8) is 0 Å². The Bertz CT molecular complexity index is 878. The molecule has 2 aromatic carbocycles. The van der Waals surface area contributed by atoms with E-state index in [0.29, 0.717) is 24.3 Å². The lowest BCUT2D eigenvalue weighted by Gasteiger charge is -2.11. The van der Waals surface area contributed by atoms with Gasteiger partial charge in [-0.15, -0.1) is 0 Å². The number of amides is 3. The first-order valence-electron chi connectivity index (χ1n) is 6.67. The molecule has 1 fully saturated rings. The monoisotopic (exact) mass is 518 g/mol. The summed E-state index contributed by atoms with van der Waals surface area (Å²) in [5.41, 5.74) is 1.21. The second-order valence-electron chi connectivity index (χ2n) is 4.94. The van der Waals surface area contributed by atoms with Crippen molar-refractivity contribution in [3.8, 4) is 5.75 Å². The van der Waals surface area contributed by atoms with Crippen LogP contribution in [0, 0.1) is 3.57 Å². The van der Waals surface area contributed by atoms with Crippen LogP contribution in [0.25, 0.3) is 6.08 Å². The van der Waals surface area contributed by atoms with Crippen molar-refractivity contribution >= 4 is 73.8 Å². The number of rotatable bonds is 2. The zero-order valence-electron chi connectivity index (χ0n) is 11.9. The number of urea groups is 1. The van der Waals surface area contributed by atoms with E-state index in [9.17, 15) is 14.7 Å². The summed E-state index contributed by atoms with van der Waals surface area (Å²) in [7, 11) is 0. The van der Waals surface area contributed by atoms with Crippen LogP contribution < -0.4 is 10.2 Å². The molecule has 0 saturated carbocycles. The molecule has 2 aromatic rings. The summed E-state index contributed by atoms with van der Waals surface area (Å²) in [6.07, 6.45) is 1.55. The number of benzene rings is 2. The molecule has 1 aliphatic heterocycles. The van der Waals surface area contributed by atoms with E-state index in [4.69, 9.17) is 11.6 Å². The van der Waals surface area contributed by atoms with E-state index in [1.165, 1.54) is 0 Å². The van der Waals surface area contributed by atoms with Crippen LogP contribution in [-0.2, 0) is 4.79 Å². The average Bonchev–Trinajstić information content (AvgIpc) is 2.79. The Morgan fingerprint density at radius 1 is 1.25 bits per heavy atom. The van der Waals surface area contributed by atoms with Gasteiger partial charge in [0.1, 0.15) is 11.4 Å². The number of phenolic OH excluding ortho intramolecular Hbond substituents is 1. The molecule has 0 atom stereocenters. The quantitative estimate of drug-likeness (QED) is 0.349. The largest absolute Gasteiger partial charge is 0.506 e. The third-order valence-corrected chi connectivity index (χ3v) is 4.96. The molecule has 0 spiro atoms. The number of nitrogens with one attached hydrogen (secondary N) is 1. The first-order chi connectivity index (χ1) is 11.4. The molecule has 1 aliphatic rings. The number of carbonyl (C=O) groups is 2. The molecule has 0 radical (unpaired) electrons. The van der Waals surface area contributed by atoms with Gasteiger partial charge in [-0.25, -0.2) is 9.69 Å². The maximum atomic E-state index is 12.5. The van der Waals surface area contributed by atoms with Crippen molar-refractivity contribution < 1.29 is 14.7 Å². The number of phenols is 1. The van der Waals surface area contributed by atoms with Crippen molar-refractivity contribution in [3.05, 3.63) is 60.7 Å². The molecule has 8 heteroatoms. The SMILES string of the molecule is O=C1N/C(=C/c2cc(Br)c(O)c(I)c2)C(=O)N1c1cccc(Cl)c1. The molecule has 3 rings (SSSR count). The minimum absolute atomic E-state index is 0.125. The highest BCUT2D eigenvalue weighted by molar-refractivity contribution is 14.1. The highest BCUT2D eigenvalue weighted by Crippen LogP contribution is 2.32. The summed E-state index contributed by atoms with van der Waals surface area (Å²) in [6, 6.07) is 9.33. The van der Waals surface area contributed by atoms with Gasteiger partial charge in [-0.1, -0.05) is 17.7 Å². The minimum atomic E-state index is -0.541. The van der Waals surface area contributed by atoms with E-state index in [2.05, 4.69) is 21.2 Å². The Labute approximate surface area is 164 Å². The molecule has 1 saturated heterocycles. The lowest BCUT2D eigenvalue weighted by atomic mass is 10.2. The number of aromatic hydroxyl groups is 1. The molecular weight excluding hydrogens is 510 g/mol. The Kier molecular flexibility index (Phi) is 4.84. The van der Waals surface area contributed by atoms with Crippen molar-refractivity contribution in [2.24, 2.45) is 0 Å². The summed E-state index contributed by atoms with van der Waals surface area (Å²) < 4.78 is 1.13. The van der Waals surface area contributed by atoms with Crippen LogP contribution in [-0.4, -0.2) is 17.0 Å².